The second-order valence-electron chi connectivity index (χ2n) is 6.03. The summed E-state index contributed by atoms with van der Waals surface area (Å²) < 4.78 is 13.0. The van der Waals surface area contributed by atoms with E-state index in [2.05, 4.69) is 11.2 Å². The highest BCUT2D eigenvalue weighted by Gasteiger charge is 2.18. The smallest absolute Gasteiger partial charge is 0.251 e. The van der Waals surface area contributed by atoms with Crippen LogP contribution in [-0.4, -0.2) is 29.3 Å². The second-order valence-corrected chi connectivity index (χ2v) is 6.03. The fourth-order valence-electron chi connectivity index (χ4n) is 2.49. The van der Waals surface area contributed by atoms with Crippen molar-refractivity contribution in [3.8, 4) is 12.3 Å². The Bertz CT molecular complexity index is 782. The molecule has 0 radical (unpaired) electrons. The molecule has 2 aromatic rings. The van der Waals surface area contributed by atoms with Crippen molar-refractivity contribution < 1.29 is 14.0 Å². The van der Waals surface area contributed by atoms with Gasteiger partial charge in [-0.3, -0.25) is 9.59 Å². The van der Waals surface area contributed by atoms with E-state index in [4.69, 9.17) is 6.42 Å². The minimum atomic E-state index is -0.344. The van der Waals surface area contributed by atoms with Crippen LogP contribution in [-0.2, 0) is 11.3 Å². The van der Waals surface area contributed by atoms with E-state index >= 15 is 0 Å². The van der Waals surface area contributed by atoms with Gasteiger partial charge in [0.25, 0.3) is 5.91 Å². The molecule has 0 saturated heterocycles. The lowest BCUT2D eigenvalue weighted by Gasteiger charge is -2.23. The van der Waals surface area contributed by atoms with Crippen LogP contribution in [0.25, 0.3) is 0 Å². The third-order valence-corrected chi connectivity index (χ3v) is 3.82. The van der Waals surface area contributed by atoms with Crippen LogP contribution < -0.4 is 5.32 Å². The predicted octanol–water partition coefficient (Wildman–Crippen LogP) is 3.00. The van der Waals surface area contributed by atoms with Gasteiger partial charge in [0, 0.05) is 24.6 Å². The lowest BCUT2D eigenvalue weighted by molar-refractivity contribution is -0.131. The minimum absolute atomic E-state index is 0.126. The molecule has 5 heteroatoms. The monoisotopic (exact) mass is 352 g/mol. The third-order valence-electron chi connectivity index (χ3n) is 3.82. The minimum Gasteiger partial charge on any atom is -0.349 e. The summed E-state index contributed by atoms with van der Waals surface area (Å²) in [5, 5.41) is 2.81. The zero-order valence-electron chi connectivity index (χ0n) is 14.6. The fourth-order valence-corrected chi connectivity index (χ4v) is 2.49. The van der Waals surface area contributed by atoms with Crippen LogP contribution in [0.2, 0.25) is 0 Å². The van der Waals surface area contributed by atoms with Crippen molar-refractivity contribution in [2.75, 3.05) is 6.54 Å². The van der Waals surface area contributed by atoms with Gasteiger partial charge in [0.2, 0.25) is 5.91 Å². The molecule has 2 aromatic carbocycles. The Morgan fingerprint density at radius 2 is 1.81 bits per heavy atom. The molecule has 0 heterocycles. The lowest BCUT2D eigenvalue weighted by atomic mass is 10.1. The number of carbonyl (C=O) groups is 2. The molecule has 0 aliphatic rings. The largest absolute Gasteiger partial charge is 0.349 e. The summed E-state index contributed by atoms with van der Waals surface area (Å²) in [6.45, 7) is 2.21. The first-order valence-corrected chi connectivity index (χ1v) is 8.31. The van der Waals surface area contributed by atoms with E-state index in [9.17, 15) is 14.0 Å². The summed E-state index contributed by atoms with van der Waals surface area (Å²) in [5.74, 6) is 1.73. The maximum Gasteiger partial charge on any atom is 0.251 e. The van der Waals surface area contributed by atoms with Crippen molar-refractivity contribution in [2.45, 2.75) is 25.9 Å². The molecule has 0 aliphatic heterocycles. The predicted molar refractivity (Wildman–Crippen MR) is 98.6 cm³/mol. The molecule has 2 amide bonds. The average molecular weight is 352 g/mol. The maximum atomic E-state index is 13.0. The highest BCUT2D eigenvalue weighted by atomic mass is 19.1. The number of amides is 2. The second kappa shape index (κ2) is 9.38. The summed E-state index contributed by atoms with van der Waals surface area (Å²) in [4.78, 5) is 26.2. The molecule has 134 valence electrons. The number of carbonyl (C=O) groups excluding carboxylic acids is 2. The number of nitrogens with one attached hydrogen (secondary N) is 1. The SMILES string of the molecule is C#CCN(Cc1ccc(F)cc1)C(=O)CC(C)NC(=O)c1ccccc1. The van der Waals surface area contributed by atoms with Crippen molar-refractivity contribution in [2.24, 2.45) is 0 Å². The number of hydrogen-bond donors (Lipinski definition) is 1. The Morgan fingerprint density at radius 1 is 1.15 bits per heavy atom. The van der Waals surface area contributed by atoms with Gasteiger partial charge in [0.15, 0.2) is 0 Å². The quantitative estimate of drug-likeness (QED) is 0.779. The van der Waals surface area contributed by atoms with Crippen LogP contribution >= 0.6 is 0 Å². The zero-order valence-corrected chi connectivity index (χ0v) is 14.6. The van der Waals surface area contributed by atoms with Crippen molar-refractivity contribution >= 4 is 11.8 Å². The van der Waals surface area contributed by atoms with Crippen molar-refractivity contribution in [1.82, 2.24) is 10.2 Å². The van der Waals surface area contributed by atoms with Crippen LogP contribution in [0, 0.1) is 18.2 Å². The molecule has 0 spiro atoms. The molecular weight excluding hydrogens is 331 g/mol. The Labute approximate surface area is 153 Å². The van der Waals surface area contributed by atoms with Gasteiger partial charge in [0.05, 0.1) is 6.54 Å². The van der Waals surface area contributed by atoms with Crippen molar-refractivity contribution in [3.63, 3.8) is 0 Å². The van der Waals surface area contributed by atoms with Crippen molar-refractivity contribution in [3.05, 3.63) is 71.5 Å². The zero-order chi connectivity index (χ0) is 18.9. The van der Waals surface area contributed by atoms with Gasteiger partial charge in [-0.25, -0.2) is 4.39 Å². The standard InChI is InChI=1S/C21H21FN2O2/c1-3-13-24(15-17-9-11-19(22)12-10-17)20(25)14-16(2)23-21(26)18-7-5-4-6-8-18/h1,4-12,16H,13-15H2,2H3,(H,23,26). The van der Waals surface area contributed by atoms with Crippen LogP contribution in [0.1, 0.15) is 29.3 Å². The van der Waals surface area contributed by atoms with E-state index in [-0.39, 0.29) is 36.6 Å². The van der Waals surface area contributed by atoms with Gasteiger partial charge in [-0.15, -0.1) is 6.42 Å². The summed E-state index contributed by atoms with van der Waals surface area (Å²) in [6.07, 6.45) is 5.49. The van der Waals surface area contributed by atoms with E-state index < -0.39 is 0 Å². The first-order chi connectivity index (χ1) is 12.5. The first-order valence-electron chi connectivity index (χ1n) is 8.31. The van der Waals surface area contributed by atoms with E-state index in [0.29, 0.717) is 12.1 Å². The normalized spacial score (nSPS) is 11.3. The summed E-state index contributed by atoms with van der Waals surface area (Å²) in [5.41, 5.74) is 1.33. The summed E-state index contributed by atoms with van der Waals surface area (Å²) in [6, 6.07) is 14.4. The van der Waals surface area contributed by atoms with Gasteiger partial charge in [-0.1, -0.05) is 36.3 Å². The number of terminal acetylenes is 1. The Hall–Kier alpha value is -3.13. The van der Waals surface area contributed by atoms with E-state index in [0.717, 1.165) is 5.56 Å². The Kier molecular flexibility index (Phi) is 6.92. The molecule has 2 rings (SSSR count). The molecule has 0 bridgehead atoms. The molecular formula is C21H21FN2O2. The molecule has 0 fully saturated rings. The molecule has 26 heavy (non-hydrogen) atoms. The fraction of sp³-hybridized carbons (Fsp3) is 0.238. The molecule has 1 N–H and O–H groups in total. The topological polar surface area (TPSA) is 49.4 Å². The van der Waals surface area contributed by atoms with E-state index in [1.807, 2.05) is 6.07 Å². The molecule has 0 saturated carbocycles. The Morgan fingerprint density at radius 3 is 2.42 bits per heavy atom. The molecule has 1 atom stereocenters. The van der Waals surface area contributed by atoms with Crippen LogP contribution in [0.5, 0.6) is 0 Å². The maximum absolute atomic E-state index is 13.0. The van der Waals surface area contributed by atoms with Crippen LogP contribution in [0.15, 0.2) is 54.6 Å². The molecule has 0 aliphatic carbocycles. The number of hydrogen-bond acceptors (Lipinski definition) is 2. The van der Waals surface area contributed by atoms with Gasteiger partial charge < -0.3 is 10.2 Å². The highest BCUT2D eigenvalue weighted by Crippen LogP contribution is 2.09. The summed E-state index contributed by atoms with van der Waals surface area (Å²) in [7, 11) is 0. The first kappa shape index (κ1) is 19.2. The summed E-state index contributed by atoms with van der Waals surface area (Å²) >= 11 is 0. The number of rotatable bonds is 7. The average Bonchev–Trinajstić information content (AvgIpc) is 2.63. The number of nitrogens with zero attached hydrogens (tertiary/aromatic N) is 1. The lowest BCUT2D eigenvalue weighted by Crippen LogP contribution is -2.39. The number of benzene rings is 2. The number of halogens is 1. The molecule has 1 unspecified atom stereocenters. The van der Waals surface area contributed by atoms with Crippen LogP contribution in [0.4, 0.5) is 4.39 Å². The van der Waals surface area contributed by atoms with Gasteiger partial charge in [-0.05, 0) is 36.8 Å². The third kappa shape index (κ3) is 5.75. The molecule has 0 aromatic heterocycles. The van der Waals surface area contributed by atoms with E-state index in [1.165, 1.54) is 17.0 Å². The van der Waals surface area contributed by atoms with Gasteiger partial charge >= 0.3 is 0 Å². The van der Waals surface area contributed by atoms with Crippen molar-refractivity contribution in [1.29, 1.82) is 0 Å². The molecule has 4 nitrogen and oxygen atoms in total. The van der Waals surface area contributed by atoms with Crippen LogP contribution in [0.3, 0.4) is 0 Å². The highest BCUT2D eigenvalue weighted by molar-refractivity contribution is 5.94. The van der Waals surface area contributed by atoms with Gasteiger partial charge in [0.1, 0.15) is 5.82 Å². The Balaban J connectivity index is 1.94. The van der Waals surface area contributed by atoms with Gasteiger partial charge in [-0.2, -0.15) is 0 Å². The van der Waals surface area contributed by atoms with E-state index in [1.54, 1.807) is 43.3 Å².